The van der Waals surface area contributed by atoms with Gasteiger partial charge in [-0.05, 0) is 6.92 Å². The van der Waals surface area contributed by atoms with Crippen molar-refractivity contribution in [2.75, 3.05) is 0 Å². The molecule has 0 saturated carbocycles. The van der Waals surface area contributed by atoms with Gasteiger partial charge in [0.15, 0.2) is 5.82 Å². The number of hydrogen-bond donors (Lipinski definition) is 0. The minimum Gasteiger partial charge on any atom is -0.240 e. The second-order valence-corrected chi connectivity index (χ2v) is 2.18. The van der Waals surface area contributed by atoms with Crippen LogP contribution in [0.3, 0.4) is 0 Å². The molecule has 0 aromatic carbocycles. The van der Waals surface area contributed by atoms with Crippen LogP contribution in [0.15, 0.2) is 11.3 Å². The number of halogens is 1. The summed E-state index contributed by atoms with van der Waals surface area (Å²) >= 11 is 5.67. The Balaban J connectivity index is 3.26. The molecule has 1 heterocycles. The van der Waals surface area contributed by atoms with Gasteiger partial charge in [-0.15, -0.1) is 4.99 Å². The molecule has 5 heteroatoms. The number of hydrogen-bond acceptors (Lipinski definition) is 4. The van der Waals surface area contributed by atoms with Crippen molar-refractivity contribution in [2.24, 2.45) is 4.99 Å². The van der Waals surface area contributed by atoms with E-state index in [0.29, 0.717) is 5.69 Å². The second kappa shape index (κ2) is 3.23. The highest BCUT2D eigenvalue weighted by Gasteiger charge is 2.02. The van der Waals surface area contributed by atoms with E-state index in [0.717, 1.165) is 0 Å². The number of aryl methyl sites for hydroxylation is 1. The van der Waals surface area contributed by atoms with Crippen LogP contribution in [0.4, 0.5) is 5.82 Å². The zero-order chi connectivity index (χ0) is 8.27. The van der Waals surface area contributed by atoms with Crippen LogP contribution in [0.5, 0.6) is 0 Å². The van der Waals surface area contributed by atoms with Crippen LogP contribution in [-0.2, 0) is 4.79 Å². The van der Waals surface area contributed by atoms with Crippen molar-refractivity contribution in [3.8, 4) is 0 Å². The standard InChI is InChI=1S/C6H4ClN3O/c1-4-5(7)6(10-3-11)9-2-8-4/h2H,1H3. The van der Waals surface area contributed by atoms with Gasteiger partial charge >= 0.3 is 0 Å². The van der Waals surface area contributed by atoms with Gasteiger partial charge in [-0.1, -0.05) is 11.6 Å². The van der Waals surface area contributed by atoms with Gasteiger partial charge in [-0.2, -0.15) is 0 Å². The molecule has 11 heavy (non-hydrogen) atoms. The minimum absolute atomic E-state index is 0.161. The molecular weight excluding hydrogens is 166 g/mol. The van der Waals surface area contributed by atoms with Crippen molar-refractivity contribution in [1.82, 2.24) is 9.97 Å². The molecule has 1 rings (SSSR count). The topological polar surface area (TPSA) is 55.2 Å². The molecule has 0 bridgehead atoms. The average Bonchev–Trinajstić information content (AvgIpc) is 1.99. The Morgan fingerprint density at radius 2 is 2.36 bits per heavy atom. The van der Waals surface area contributed by atoms with Crippen LogP contribution in [0.25, 0.3) is 0 Å². The summed E-state index contributed by atoms with van der Waals surface area (Å²) in [6, 6.07) is 0. The highest BCUT2D eigenvalue weighted by molar-refractivity contribution is 6.33. The Morgan fingerprint density at radius 1 is 1.64 bits per heavy atom. The fourth-order valence-corrected chi connectivity index (χ4v) is 0.706. The third-order valence-electron chi connectivity index (χ3n) is 1.10. The number of aromatic nitrogens is 2. The SMILES string of the molecule is Cc1ncnc(N=C=O)c1Cl. The van der Waals surface area contributed by atoms with Gasteiger partial charge in [0.1, 0.15) is 11.3 Å². The number of isocyanates is 1. The zero-order valence-electron chi connectivity index (χ0n) is 5.71. The number of rotatable bonds is 1. The maximum atomic E-state index is 9.83. The van der Waals surface area contributed by atoms with Crippen molar-refractivity contribution in [3.63, 3.8) is 0 Å². The first-order valence-electron chi connectivity index (χ1n) is 2.80. The van der Waals surface area contributed by atoms with Crippen molar-refractivity contribution < 1.29 is 4.79 Å². The average molecular weight is 170 g/mol. The lowest BCUT2D eigenvalue weighted by molar-refractivity contribution is 0.565. The van der Waals surface area contributed by atoms with E-state index >= 15 is 0 Å². The summed E-state index contributed by atoms with van der Waals surface area (Å²) in [4.78, 5) is 20.6. The van der Waals surface area contributed by atoms with E-state index in [1.54, 1.807) is 6.92 Å². The Hall–Kier alpha value is -1.25. The predicted molar refractivity (Wildman–Crippen MR) is 39.6 cm³/mol. The summed E-state index contributed by atoms with van der Waals surface area (Å²) in [5.41, 5.74) is 0.593. The van der Waals surface area contributed by atoms with Crippen molar-refractivity contribution >= 4 is 23.5 Å². The second-order valence-electron chi connectivity index (χ2n) is 1.80. The molecule has 0 N–H and O–H groups in total. The highest BCUT2D eigenvalue weighted by atomic mass is 35.5. The van der Waals surface area contributed by atoms with Gasteiger partial charge in [0.25, 0.3) is 0 Å². The van der Waals surface area contributed by atoms with Crippen LogP contribution in [0.1, 0.15) is 5.69 Å². The third kappa shape index (κ3) is 1.61. The Labute approximate surface area is 68.0 Å². The van der Waals surface area contributed by atoms with Gasteiger partial charge in [0.05, 0.1) is 5.69 Å². The minimum atomic E-state index is 0.161. The van der Waals surface area contributed by atoms with E-state index in [2.05, 4.69) is 15.0 Å². The van der Waals surface area contributed by atoms with Crippen molar-refractivity contribution in [2.45, 2.75) is 6.92 Å². The van der Waals surface area contributed by atoms with E-state index in [1.807, 2.05) is 0 Å². The molecular formula is C6H4ClN3O. The zero-order valence-corrected chi connectivity index (χ0v) is 6.46. The summed E-state index contributed by atoms with van der Waals surface area (Å²) < 4.78 is 0. The molecule has 0 saturated heterocycles. The smallest absolute Gasteiger partial charge is 0.240 e. The van der Waals surface area contributed by atoms with E-state index in [9.17, 15) is 4.79 Å². The molecule has 0 fully saturated rings. The van der Waals surface area contributed by atoms with Crippen LogP contribution in [-0.4, -0.2) is 16.0 Å². The van der Waals surface area contributed by atoms with Crippen molar-refractivity contribution in [1.29, 1.82) is 0 Å². The molecule has 0 unspecified atom stereocenters. The Morgan fingerprint density at radius 3 is 3.00 bits per heavy atom. The molecule has 0 spiro atoms. The van der Waals surface area contributed by atoms with E-state index in [-0.39, 0.29) is 10.8 Å². The Bertz CT molecular complexity index is 320. The Kier molecular flexibility index (Phi) is 2.31. The molecule has 0 aliphatic carbocycles. The van der Waals surface area contributed by atoms with Gasteiger partial charge in [-0.25, -0.2) is 14.8 Å². The van der Waals surface area contributed by atoms with Gasteiger partial charge in [0.2, 0.25) is 6.08 Å². The lowest BCUT2D eigenvalue weighted by Gasteiger charge is -1.95. The summed E-state index contributed by atoms with van der Waals surface area (Å²) in [5.74, 6) is 0.161. The highest BCUT2D eigenvalue weighted by Crippen LogP contribution is 2.22. The lowest BCUT2D eigenvalue weighted by Crippen LogP contribution is -1.84. The third-order valence-corrected chi connectivity index (χ3v) is 1.54. The molecule has 56 valence electrons. The monoisotopic (exact) mass is 169 g/mol. The summed E-state index contributed by atoms with van der Waals surface area (Å²) in [6.07, 6.45) is 2.64. The fraction of sp³-hybridized carbons (Fsp3) is 0.167. The molecule has 0 aliphatic rings. The molecule has 1 aromatic rings. The molecule has 1 aromatic heterocycles. The first-order valence-corrected chi connectivity index (χ1v) is 3.18. The molecule has 0 atom stereocenters. The lowest BCUT2D eigenvalue weighted by atomic mass is 10.4. The molecule has 4 nitrogen and oxygen atoms in total. The number of aliphatic imine (C=N–C) groups is 1. The maximum Gasteiger partial charge on any atom is 0.242 e. The number of carbonyl (C=O) groups excluding carboxylic acids is 1. The summed E-state index contributed by atoms with van der Waals surface area (Å²) in [5, 5.41) is 0.288. The number of nitrogens with zero attached hydrogens (tertiary/aromatic N) is 3. The molecule has 0 aliphatic heterocycles. The molecule has 0 radical (unpaired) electrons. The molecule has 0 amide bonds. The predicted octanol–water partition coefficient (Wildman–Crippen LogP) is 1.41. The first-order chi connectivity index (χ1) is 5.25. The van der Waals surface area contributed by atoms with E-state index in [1.165, 1.54) is 12.4 Å². The summed E-state index contributed by atoms with van der Waals surface area (Å²) in [6.45, 7) is 1.70. The quantitative estimate of drug-likeness (QED) is 0.472. The fourth-order valence-electron chi connectivity index (χ4n) is 0.566. The van der Waals surface area contributed by atoms with Gasteiger partial charge in [-0.3, -0.25) is 0 Å². The van der Waals surface area contributed by atoms with Crippen LogP contribution in [0.2, 0.25) is 5.02 Å². The maximum absolute atomic E-state index is 9.83. The van der Waals surface area contributed by atoms with Crippen molar-refractivity contribution in [3.05, 3.63) is 17.0 Å². The van der Waals surface area contributed by atoms with Gasteiger partial charge in [0, 0.05) is 0 Å². The van der Waals surface area contributed by atoms with Crippen LogP contribution >= 0.6 is 11.6 Å². The normalized spacial score (nSPS) is 8.91. The van der Waals surface area contributed by atoms with Gasteiger partial charge < -0.3 is 0 Å². The van der Waals surface area contributed by atoms with E-state index in [4.69, 9.17) is 11.6 Å². The first kappa shape index (κ1) is 7.85. The van der Waals surface area contributed by atoms with Crippen LogP contribution in [0, 0.1) is 6.92 Å². The largest absolute Gasteiger partial charge is 0.242 e. The summed E-state index contributed by atoms with van der Waals surface area (Å²) in [7, 11) is 0. The van der Waals surface area contributed by atoms with Crippen LogP contribution < -0.4 is 0 Å². The van der Waals surface area contributed by atoms with E-state index < -0.39 is 0 Å².